The van der Waals surface area contributed by atoms with Crippen molar-refractivity contribution < 1.29 is 9.59 Å². The van der Waals surface area contributed by atoms with Gasteiger partial charge in [0.15, 0.2) is 0 Å². The number of benzene rings is 3. The maximum absolute atomic E-state index is 12.5. The smallest absolute Gasteiger partial charge is 0.243 e. The fourth-order valence-electron chi connectivity index (χ4n) is 6.26. The first-order chi connectivity index (χ1) is 19.5. The molecule has 3 atom stereocenters. The molecule has 0 aliphatic carbocycles. The first kappa shape index (κ1) is 26.9. The summed E-state index contributed by atoms with van der Waals surface area (Å²) in [6, 6.07) is 27.7. The third kappa shape index (κ3) is 6.04. The van der Waals surface area contributed by atoms with Crippen molar-refractivity contribution in [3.05, 3.63) is 95.6 Å². The maximum Gasteiger partial charge on any atom is 0.243 e. The van der Waals surface area contributed by atoms with Gasteiger partial charge in [0, 0.05) is 49.9 Å². The molecule has 0 saturated carbocycles. The summed E-state index contributed by atoms with van der Waals surface area (Å²) in [5.41, 5.74) is 5.94. The number of carbonyl (C=O) groups excluding carboxylic acids is 2. The molecule has 208 valence electrons. The number of para-hydroxylation sites is 2. The van der Waals surface area contributed by atoms with Crippen molar-refractivity contribution in [2.75, 3.05) is 23.7 Å². The fourth-order valence-corrected chi connectivity index (χ4v) is 6.76. The lowest BCUT2D eigenvalue weighted by Crippen LogP contribution is -2.51. The third-order valence-corrected chi connectivity index (χ3v) is 8.99. The van der Waals surface area contributed by atoms with Crippen LogP contribution < -0.4 is 16.0 Å². The monoisotopic (exact) mass is 555 g/mol. The highest BCUT2D eigenvalue weighted by atomic mass is 32.1. The zero-order valence-corrected chi connectivity index (χ0v) is 23.5. The van der Waals surface area contributed by atoms with Crippen LogP contribution in [0.15, 0.2) is 78.9 Å². The van der Waals surface area contributed by atoms with Crippen molar-refractivity contribution >= 4 is 35.8 Å². The number of amides is 2. The Morgan fingerprint density at radius 2 is 1.60 bits per heavy atom. The number of piperidine rings is 2. The highest BCUT2D eigenvalue weighted by molar-refractivity contribution is 7.80. The van der Waals surface area contributed by atoms with Gasteiger partial charge >= 0.3 is 0 Å². The average molecular weight is 556 g/mol. The number of nitrogens with zero attached hydrogens (tertiary/aromatic N) is 2. The number of rotatable bonds is 8. The normalized spacial score (nSPS) is 22.9. The summed E-state index contributed by atoms with van der Waals surface area (Å²) in [5.74, 6) is -0.395. The second kappa shape index (κ2) is 12.0. The van der Waals surface area contributed by atoms with Crippen molar-refractivity contribution in [2.45, 2.75) is 62.3 Å². The largest absolute Gasteiger partial charge is 0.382 e. The van der Waals surface area contributed by atoms with E-state index < -0.39 is 0 Å². The average Bonchev–Trinajstić information content (AvgIpc) is 3.29. The number of fused-ring (bicyclic) bond motifs is 1. The Labute approximate surface area is 241 Å². The van der Waals surface area contributed by atoms with Crippen LogP contribution in [0.25, 0.3) is 0 Å². The summed E-state index contributed by atoms with van der Waals surface area (Å²) in [4.78, 5) is 28.9. The van der Waals surface area contributed by atoms with Gasteiger partial charge in [-0.05, 0) is 60.2 Å². The van der Waals surface area contributed by atoms with E-state index in [0.29, 0.717) is 25.4 Å². The van der Waals surface area contributed by atoms with Crippen LogP contribution in [0.1, 0.15) is 47.7 Å². The van der Waals surface area contributed by atoms with Crippen LogP contribution in [0, 0.1) is 0 Å². The lowest BCUT2D eigenvalue weighted by molar-refractivity contribution is -0.137. The van der Waals surface area contributed by atoms with E-state index in [2.05, 4.69) is 98.5 Å². The molecule has 3 heterocycles. The standard InChI is InChI=1S/C32H37N5O2S/c38-30-14-13-28(31(39)35-30)37-21-23-19-22(11-12-27(23)32(37)40)20-29(34-25-9-5-2-6-10-25)36-17-15-26(16-18-36)33-24-7-3-1-4-8-24/h1-12,19,26,28-29,32-34,40H,13-18,20-21H2,(H,35,38,39). The second-order valence-corrected chi connectivity index (χ2v) is 11.6. The van der Waals surface area contributed by atoms with Crippen LogP contribution >= 0.6 is 12.6 Å². The van der Waals surface area contributed by atoms with Crippen LogP contribution in [-0.2, 0) is 22.6 Å². The fraction of sp³-hybridized carbons (Fsp3) is 0.375. The lowest BCUT2D eigenvalue weighted by atomic mass is 10.00. The Morgan fingerprint density at radius 3 is 2.30 bits per heavy atom. The molecule has 0 radical (unpaired) electrons. The topological polar surface area (TPSA) is 76.7 Å². The summed E-state index contributed by atoms with van der Waals surface area (Å²) < 4.78 is 0. The maximum atomic E-state index is 12.5. The van der Waals surface area contributed by atoms with Gasteiger partial charge in [0.1, 0.15) is 0 Å². The third-order valence-electron chi connectivity index (χ3n) is 8.41. The van der Waals surface area contributed by atoms with E-state index >= 15 is 0 Å². The molecule has 2 fully saturated rings. The van der Waals surface area contributed by atoms with Gasteiger partial charge in [-0.1, -0.05) is 54.6 Å². The number of thiol groups is 1. The molecule has 8 heteroatoms. The number of nitrogens with one attached hydrogen (secondary N) is 3. The predicted octanol–water partition coefficient (Wildman–Crippen LogP) is 4.79. The van der Waals surface area contributed by atoms with E-state index in [4.69, 9.17) is 12.6 Å². The molecule has 2 saturated heterocycles. The SMILES string of the molecule is O=C1CCC(N2Cc3cc(CC(Nc4ccccc4)N4CCC(Nc5ccccc5)CC4)ccc3C2S)C(=O)N1. The summed E-state index contributed by atoms with van der Waals surface area (Å²) >= 11 is 4.87. The Hall–Kier alpha value is -3.33. The van der Waals surface area contributed by atoms with Gasteiger partial charge in [0.2, 0.25) is 11.8 Å². The molecule has 6 rings (SSSR count). The Balaban J connectivity index is 1.15. The summed E-state index contributed by atoms with van der Waals surface area (Å²) in [5, 5.41) is 9.85. The Morgan fingerprint density at radius 1 is 0.900 bits per heavy atom. The Kier molecular flexibility index (Phi) is 8.09. The van der Waals surface area contributed by atoms with E-state index in [1.54, 1.807) is 0 Å². The molecule has 3 aliphatic heterocycles. The number of carbonyl (C=O) groups is 2. The van der Waals surface area contributed by atoms with Crippen LogP contribution in [0.2, 0.25) is 0 Å². The minimum Gasteiger partial charge on any atom is -0.382 e. The van der Waals surface area contributed by atoms with Gasteiger partial charge < -0.3 is 10.6 Å². The molecule has 3 aromatic rings. The molecule has 40 heavy (non-hydrogen) atoms. The van der Waals surface area contributed by atoms with Crippen molar-refractivity contribution in [3.63, 3.8) is 0 Å². The molecule has 3 N–H and O–H groups in total. The van der Waals surface area contributed by atoms with Crippen LogP contribution in [0.3, 0.4) is 0 Å². The molecule has 0 aromatic heterocycles. The van der Waals surface area contributed by atoms with Crippen molar-refractivity contribution in [1.29, 1.82) is 0 Å². The molecular formula is C32H37N5O2S. The minimum absolute atomic E-state index is 0.151. The number of hydrogen-bond donors (Lipinski definition) is 4. The second-order valence-electron chi connectivity index (χ2n) is 11.1. The Bertz CT molecular complexity index is 1330. The van der Waals surface area contributed by atoms with Crippen molar-refractivity contribution in [2.24, 2.45) is 0 Å². The van der Waals surface area contributed by atoms with Crippen molar-refractivity contribution in [1.82, 2.24) is 15.1 Å². The van der Waals surface area contributed by atoms with Gasteiger partial charge in [-0.3, -0.25) is 24.7 Å². The number of anilines is 2. The molecule has 0 spiro atoms. The van der Waals surface area contributed by atoms with Crippen LogP contribution in [0.5, 0.6) is 0 Å². The van der Waals surface area contributed by atoms with E-state index in [1.165, 1.54) is 16.8 Å². The van der Waals surface area contributed by atoms with E-state index in [1.807, 2.05) is 6.07 Å². The number of imide groups is 1. The van der Waals surface area contributed by atoms with Gasteiger partial charge in [0.05, 0.1) is 17.6 Å². The first-order valence-corrected chi connectivity index (χ1v) is 14.8. The molecule has 3 aromatic carbocycles. The summed E-state index contributed by atoms with van der Waals surface area (Å²) in [6.07, 6.45) is 4.13. The lowest BCUT2D eigenvalue weighted by Gasteiger charge is -2.39. The van der Waals surface area contributed by atoms with Crippen LogP contribution in [-0.4, -0.2) is 53.0 Å². The van der Waals surface area contributed by atoms with Gasteiger partial charge in [-0.15, -0.1) is 0 Å². The van der Waals surface area contributed by atoms with E-state index in [9.17, 15) is 9.59 Å². The van der Waals surface area contributed by atoms with Gasteiger partial charge in [-0.2, -0.15) is 12.6 Å². The number of likely N-dealkylation sites (tertiary alicyclic amines) is 1. The molecule has 3 unspecified atom stereocenters. The zero-order chi connectivity index (χ0) is 27.5. The van der Waals surface area contributed by atoms with Gasteiger partial charge in [0.25, 0.3) is 0 Å². The van der Waals surface area contributed by atoms with Gasteiger partial charge in [-0.25, -0.2) is 0 Å². The van der Waals surface area contributed by atoms with E-state index in [0.717, 1.165) is 43.6 Å². The highest BCUT2D eigenvalue weighted by Crippen LogP contribution is 2.39. The quantitative estimate of drug-likeness (QED) is 0.237. The minimum atomic E-state index is -0.325. The predicted molar refractivity (Wildman–Crippen MR) is 162 cm³/mol. The molecule has 0 bridgehead atoms. The molecule has 3 aliphatic rings. The summed E-state index contributed by atoms with van der Waals surface area (Å²) in [6.45, 7) is 2.70. The van der Waals surface area contributed by atoms with E-state index in [-0.39, 0.29) is 29.4 Å². The zero-order valence-electron chi connectivity index (χ0n) is 22.6. The highest BCUT2D eigenvalue weighted by Gasteiger charge is 2.39. The van der Waals surface area contributed by atoms with Crippen LogP contribution in [0.4, 0.5) is 11.4 Å². The molecular weight excluding hydrogens is 518 g/mol. The molecule has 2 amide bonds. The molecule has 7 nitrogen and oxygen atoms in total. The first-order valence-electron chi connectivity index (χ1n) is 14.3. The number of hydrogen-bond acceptors (Lipinski definition) is 7. The van der Waals surface area contributed by atoms with Crippen molar-refractivity contribution in [3.8, 4) is 0 Å². The summed E-state index contributed by atoms with van der Waals surface area (Å²) in [7, 11) is 0.